The standard InChI is InChI=1S/C16H11ClNS.CHF3O3S/c1-18-13-9-11(17)7-6-10(13)8-15-16(18)12-4-2-3-5-14(12)19-15;2-1(3,4)8(5,6)7/h2-9H,1H3;(H,5,6,7)/q+1;/p-1. The lowest BCUT2D eigenvalue weighted by Crippen LogP contribution is -2.29. The van der Waals surface area contributed by atoms with Gasteiger partial charge in [-0.2, -0.15) is 17.7 Å². The second-order valence-corrected chi connectivity index (χ2v) is 8.51. The van der Waals surface area contributed by atoms with Crippen LogP contribution in [0.2, 0.25) is 5.02 Å². The number of pyridine rings is 1. The first kappa shape index (κ1) is 19.8. The van der Waals surface area contributed by atoms with Crippen molar-refractivity contribution in [3.8, 4) is 0 Å². The van der Waals surface area contributed by atoms with Gasteiger partial charge >= 0.3 is 5.51 Å². The van der Waals surface area contributed by atoms with Crippen molar-refractivity contribution in [1.29, 1.82) is 0 Å². The lowest BCUT2D eigenvalue weighted by atomic mass is 10.1. The summed E-state index contributed by atoms with van der Waals surface area (Å²) in [6.45, 7) is 0. The molecule has 2 aromatic heterocycles. The summed E-state index contributed by atoms with van der Waals surface area (Å²) in [5.74, 6) is 0. The molecule has 0 aliphatic heterocycles. The first-order valence-corrected chi connectivity index (χ1v) is 10.0. The molecule has 0 atom stereocenters. The van der Waals surface area contributed by atoms with E-state index in [9.17, 15) is 13.2 Å². The molecule has 0 aliphatic carbocycles. The maximum Gasteiger partial charge on any atom is 0.485 e. The number of benzene rings is 2. The number of fused-ring (bicyclic) bond motifs is 4. The molecule has 4 nitrogen and oxygen atoms in total. The molecule has 0 unspecified atom stereocenters. The zero-order valence-electron chi connectivity index (χ0n) is 13.6. The normalized spacial score (nSPS) is 12.4. The predicted molar refractivity (Wildman–Crippen MR) is 98.8 cm³/mol. The van der Waals surface area contributed by atoms with Gasteiger partial charge in [0.15, 0.2) is 10.1 Å². The molecule has 0 aliphatic rings. The summed E-state index contributed by atoms with van der Waals surface area (Å²) in [6.07, 6.45) is 0. The molecule has 4 aromatic rings. The quantitative estimate of drug-likeness (QED) is 0.229. The third kappa shape index (κ3) is 3.86. The topological polar surface area (TPSA) is 61.1 Å². The number of aromatic nitrogens is 1. The molecule has 2 heterocycles. The molecule has 142 valence electrons. The summed E-state index contributed by atoms with van der Waals surface area (Å²) < 4.78 is 63.8. The largest absolute Gasteiger partial charge is 0.741 e. The van der Waals surface area contributed by atoms with Crippen molar-refractivity contribution in [2.45, 2.75) is 5.51 Å². The number of alkyl halides is 3. The van der Waals surface area contributed by atoms with Gasteiger partial charge in [-0.15, -0.1) is 11.3 Å². The van der Waals surface area contributed by atoms with Crippen molar-refractivity contribution in [1.82, 2.24) is 0 Å². The van der Waals surface area contributed by atoms with E-state index in [0.29, 0.717) is 0 Å². The highest BCUT2D eigenvalue weighted by Crippen LogP contribution is 2.33. The molecular weight excluding hydrogens is 423 g/mol. The van der Waals surface area contributed by atoms with Crippen LogP contribution in [0.1, 0.15) is 0 Å². The van der Waals surface area contributed by atoms with Crippen LogP contribution in [0.5, 0.6) is 0 Å². The monoisotopic (exact) mass is 433 g/mol. The van der Waals surface area contributed by atoms with E-state index in [2.05, 4.69) is 48.0 Å². The van der Waals surface area contributed by atoms with E-state index in [0.717, 1.165) is 5.02 Å². The average Bonchev–Trinajstić information content (AvgIpc) is 2.93. The highest BCUT2D eigenvalue weighted by atomic mass is 35.5. The van der Waals surface area contributed by atoms with Gasteiger partial charge in [-0.3, -0.25) is 0 Å². The van der Waals surface area contributed by atoms with E-state index < -0.39 is 15.6 Å². The smallest absolute Gasteiger partial charge is 0.485 e. The third-order valence-corrected chi connectivity index (χ3v) is 5.76. The second kappa shape index (κ2) is 6.90. The fourth-order valence-electron chi connectivity index (χ4n) is 2.69. The lowest BCUT2D eigenvalue weighted by molar-refractivity contribution is -0.616. The molecule has 0 saturated carbocycles. The summed E-state index contributed by atoms with van der Waals surface area (Å²) in [7, 11) is -3.98. The fraction of sp³-hybridized carbons (Fsp3) is 0.118. The first-order valence-electron chi connectivity index (χ1n) is 7.41. The first-order chi connectivity index (χ1) is 12.5. The number of nitrogens with zero attached hydrogens (tertiary/aromatic N) is 1. The number of thiophene rings is 1. The van der Waals surface area contributed by atoms with Crippen LogP contribution in [0.25, 0.3) is 31.2 Å². The molecule has 0 amide bonds. The SMILES string of the molecule is C[n+]1c2cc(Cl)ccc2cc2sc3ccccc3c21.O=S(=O)([O-])C(F)(F)F. The van der Waals surface area contributed by atoms with E-state index in [-0.39, 0.29) is 0 Å². The Bertz CT molecular complexity index is 1270. The van der Waals surface area contributed by atoms with Crippen LogP contribution in [0.15, 0.2) is 48.5 Å². The zero-order valence-corrected chi connectivity index (χ0v) is 16.0. The van der Waals surface area contributed by atoms with Gasteiger partial charge in [-0.1, -0.05) is 23.7 Å². The van der Waals surface area contributed by atoms with Crippen LogP contribution in [0, 0.1) is 0 Å². The van der Waals surface area contributed by atoms with Crippen molar-refractivity contribution < 1.29 is 30.7 Å². The van der Waals surface area contributed by atoms with Crippen LogP contribution in [0.4, 0.5) is 13.2 Å². The Kier molecular flexibility index (Phi) is 5.06. The highest BCUT2D eigenvalue weighted by Gasteiger charge is 2.36. The van der Waals surface area contributed by atoms with Crippen molar-refractivity contribution in [2.24, 2.45) is 7.05 Å². The molecule has 0 fully saturated rings. The van der Waals surface area contributed by atoms with Crippen LogP contribution in [-0.2, 0) is 17.2 Å². The summed E-state index contributed by atoms with van der Waals surface area (Å²) >= 11 is 7.96. The molecule has 27 heavy (non-hydrogen) atoms. The zero-order chi connectivity index (χ0) is 20.0. The highest BCUT2D eigenvalue weighted by molar-refractivity contribution is 7.86. The molecule has 0 N–H and O–H groups in total. The van der Waals surface area contributed by atoms with Gasteiger partial charge in [0.1, 0.15) is 11.7 Å². The van der Waals surface area contributed by atoms with E-state index in [1.54, 1.807) is 0 Å². The van der Waals surface area contributed by atoms with Crippen molar-refractivity contribution in [3.05, 3.63) is 53.6 Å². The Hall–Kier alpha value is -1.94. The van der Waals surface area contributed by atoms with E-state index in [1.807, 2.05) is 23.5 Å². The van der Waals surface area contributed by atoms with Gasteiger partial charge in [0.05, 0.1) is 5.39 Å². The van der Waals surface area contributed by atoms with Gasteiger partial charge in [-0.05, 0) is 30.3 Å². The van der Waals surface area contributed by atoms with E-state index in [1.165, 1.54) is 31.2 Å². The van der Waals surface area contributed by atoms with E-state index >= 15 is 0 Å². The summed E-state index contributed by atoms with van der Waals surface area (Å²) in [5.41, 5.74) is -3.19. The van der Waals surface area contributed by atoms with Crippen LogP contribution in [-0.4, -0.2) is 18.5 Å². The molecule has 0 bridgehead atoms. The van der Waals surface area contributed by atoms with Crippen LogP contribution >= 0.6 is 22.9 Å². The summed E-state index contributed by atoms with van der Waals surface area (Å²) in [6, 6.07) is 16.9. The summed E-state index contributed by atoms with van der Waals surface area (Å²) in [4.78, 5) is 0. The van der Waals surface area contributed by atoms with Crippen molar-refractivity contribution in [3.63, 3.8) is 0 Å². The maximum atomic E-state index is 10.7. The molecule has 4 rings (SSSR count). The van der Waals surface area contributed by atoms with Gasteiger partial charge in [0.2, 0.25) is 11.0 Å². The van der Waals surface area contributed by atoms with Gasteiger partial charge in [0.25, 0.3) is 0 Å². The Balaban J connectivity index is 0.000000226. The molecule has 0 radical (unpaired) electrons. The lowest BCUT2D eigenvalue weighted by Gasteiger charge is -2.08. The molecular formula is C17H11ClF3NO3S2. The average molecular weight is 434 g/mol. The number of halogens is 4. The minimum atomic E-state index is -6.09. The van der Waals surface area contributed by atoms with Crippen molar-refractivity contribution in [2.75, 3.05) is 0 Å². The number of hydrogen-bond donors (Lipinski definition) is 0. The van der Waals surface area contributed by atoms with E-state index in [4.69, 9.17) is 24.6 Å². The Labute approximate surface area is 161 Å². The number of aryl methyl sites for hydroxylation is 1. The Morgan fingerprint density at radius 2 is 1.70 bits per heavy atom. The Morgan fingerprint density at radius 3 is 2.33 bits per heavy atom. The fourth-order valence-corrected chi connectivity index (χ4v) is 4.04. The van der Waals surface area contributed by atoms with Crippen molar-refractivity contribution >= 4 is 64.3 Å². The van der Waals surface area contributed by atoms with Gasteiger partial charge < -0.3 is 4.55 Å². The number of hydrogen-bond acceptors (Lipinski definition) is 4. The molecule has 0 spiro atoms. The van der Waals surface area contributed by atoms with Gasteiger partial charge in [-0.25, -0.2) is 8.42 Å². The molecule has 2 aromatic carbocycles. The number of rotatable bonds is 0. The predicted octanol–water partition coefficient (Wildman–Crippen LogP) is 4.74. The van der Waals surface area contributed by atoms with Crippen LogP contribution < -0.4 is 4.57 Å². The molecule has 10 heteroatoms. The Morgan fingerprint density at radius 1 is 1.07 bits per heavy atom. The summed E-state index contributed by atoms with van der Waals surface area (Å²) in [5, 5.41) is 3.32. The minimum absolute atomic E-state index is 0.780. The third-order valence-electron chi connectivity index (χ3n) is 3.85. The van der Waals surface area contributed by atoms with Crippen LogP contribution in [0.3, 0.4) is 0 Å². The minimum Gasteiger partial charge on any atom is -0.741 e. The second-order valence-electron chi connectivity index (χ2n) is 5.62. The molecule has 0 saturated heterocycles. The maximum absolute atomic E-state index is 10.7. The van der Waals surface area contributed by atoms with Gasteiger partial charge in [0, 0.05) is 21.2 Å².